The van der Waals surface area contributed by atoms with Crippen LogP contribution in [-0.4, -0.2) is 18.8 Å². The van der Waals surface area contributed by atoms with Crippen LogP contribution in [0.15, 0.2) is 34.8 Å². The van der Waals surface area contributed by atoms with Crippen molar-refractivity contribution < 1.29 is 14.6 Å². The monoisotopic (exact) mass is 403 g/mol. The number of aryl methyl sites for hydroxylation is 1. The Morgan fingerprint density at radius 2 is 2.12 bits per heavy atom. The quantitative estimate of drug-likeness (QED) is 0.731. The van der Waals surface area contributed by atoms with E-state index in [4.69, 9.17) is 9.47 Å². The Labute approximate surface area is 156 Å². The summed E-state index contributed by atoms with van der Waals surface area (Å²) in [4.78, 5) is 0. The number of benzene rings is 2. The third-order valence-electron chi connectivity index (χ3n) is 5.25. The SMILES string of the molecule is COc1cc(C2Nc3ccc(C)cc3C3OCCCC23)cc(Br)c1O. The molecule has 132 valence electrons. The zero-order valence-corrected chi connectivity index (χ0v) is 16.0. The summed E-state index contributed by atoms with van der Waals surface area (Å²) in [6, 6.07) is 10.5. The zero-order valence-electron chi connectivity index (χ0n) is 14.4. The van der Waals surface area contributed by atoms with Crippen LogP contribution in [0.3, 0.4) is 0 Å². The van der Waals surface area contributed by atoms with E-state index in [1.165, 1.54) is 11.1 Å². The highest BCUT2D eigenvalue weighted by atomic mass is 79.9. The summed E-state index contributed by atoms with van der Waals surface area (Å²) >= 11 is 3.44. The number of nitrogens with one attached hydrogen (secondary N) is 1. The number of rotatable bonds is 2. The molecule has 25 heavy (non-hydrogen) atoms. The summed E-state index contributed by atoms with van der Waals surface area (Å²) in [6.45, 7) is 2.93. The highest BCUT2D eigenvalue weighted by molar-refractivity contribution is 9.10. The molecular weight excluding hydrogens is 382 g/mol. The van der Waals surface area contributed by atoms with Gasteiger partial charge in [0.1, 0.15) is 0 Å². The molecule has 2 aromatic rings. The second-order valence-corrected chi connectivity index (χ2v) is 7.72. The van der Waals surface area contributed by atoms with E-state index in [-0.39, 0.29) is 17.9 Å². The molecule has 0 amide bonds. The molecule has 2 aliphatic rings. The molecule has 2 N–H and O–H groups in total. The second-order valence-electron chi connectivity index (χ2n) is 6.86. The van der Waals surface area contributed by atoms with Gasteiger partial charge in [0.2, 0.25) is 0 Å². The van der Waals surface area contributed by atoms with Gasteiger partial charge in [-0.1, -0.05) is 17.7 Å². The number of halogens is 1. The molecule has 0 spiro atoms. The fourth-order valence-corrected chi connectivity index (χ4v) is 4.51. The van der Waals surface area contributed by atoms with Gasteiger partial charge in [-0.15, -0.1) is 0 Å². The lowest BCUT2D eigenvalue weighted by atomic mass is 9.77. The molecule has 0 saturated carbocycles. The lowest BCUT2D eigenvalue weighted by molar-refractivity contribution is -0.0381. The molecule has 4 rings (SSSR count). The van der Waals surface area contributed by atoms with Gasteiger partial charge in [-0.2, -0.15) is 0 Å². The standard InChI is InChI=1S/C20H22BrNO3/c1-11-5-6-16-14(8-11)20-13(4-3-7-25-20)18(22-16)12-9-15(21)19(23)17(10-12)24-2/h5-6,8-10,13,18,20,22-23H,3-4,7H2,1-2H3. The van der Waals surface area contributed by atoms with Gasteiger partial charge in [-0.05, 0) is 59.5 Å². The van der Waals surface area contributed by atoms with Crippen LogP contribution in [0.5, 0.6) is 11.5 Å². The summed E-state index contributed by atoms with van der Waals surface area (Å²) in [6.07, 6.45) is 2.28. The number of hydrogen-bond acceptors (Lipinski definition) is 4. The van der Waals surface area contributed by atoms with Crippen LogP contribution in [0.1, 0.15) is 41.7 Å². The maximum Gasteiger partial charge on any atom is 0.172 e. The van der Waals surface area contributed by atoms with Crippen molar-refractivity contribution in [3.05, 3.63) is 51.5 Å². The first-order valence-corrected chi connectivity index (χ1v) is 9.43. The lowest BCUT2D eigenvalue weighted by Crippen LogP contribution is -2.36. The van der Waals surface area contributed by atoms with Gasteiger partial charge in [0.25, 0.3) is 0 Å². The van der Waals surface area contributed by atoms with Crippen molar-refractivity contribution in [1.29, 1.82) is 0 Å². The molecule has 2 aromatic carbocycles. The molecule has 0 bridgehead atoms. The molecule has 0 aromatic heterocycles. The molecule has 4 nitrogen and oxygen atoms in total. The van der Waals surface area contributed by atoms with Crippen molar-refractivity contribution in [1.82, 2.24) is 0 Å². The summed E-state index contributed by atoms with van der Waals surface area (Å²) in [5.41, 5.74) is 4.72. The van der Waals surface area contributed by atoms with E-state index in [1.807, 2.05) is 12.1 Å². The van der Waals surface area contributed by atoms with Crippen molar-refractivity contribution >= 4 is 21.6 Å². The Hall–Kier alpha value is -1.72. The van der Waals surface area contributed by atoms with E-state index in [0.29, 0.717) is 16.1 Å². The van der Waals surface area contributed by atoms with Crippen LogP contribution < -0.4 is 10.1 Å². The highest BCUT2D eigenvalue weighted by Crippen LogP contribution is 2.50. The third kappa shape index (κ3) is 2.89. The third-order valence-corrected chi connectivity index (χ3v) is 5.86. The van der Waals surface area contributed by atoms with Gasteiger partial charge in [0, 0.05) is 23.8 Å². The first kappa shape index (κ1) is 16.7. The minimum atomic E-state index is 0.105. The molecule has 2 heterocycles. The van der Waals surface area contributed by atoms with Gasteiger partial charge < -0.3 is 19.9 Å². The van der Waals surface area contributed by atoms with Crippen LogP contribution in [0.25, 0.3) is 0 Å². The summed E-state index contributed by atoms with van der Waals surface area (Å²) in [5, 5.41) is 13.8. The number of phenolic OH excluding ortho intramolecular Hbond substituents is 1. The molecule has 2 aliphatic heterocycles. The predicted molar refractivity (Wildman–Crippen MR) is 101 cm³/mol. The fourth-order valence-electron chi connectivity index (χ4n) is 4.05. The van der Waals surface area contributed by atoms with Crippen molar-refractivity contribution in [3.63, 3.8) is 0 Å². The fraction of sp³-hybridized carbons (Fsp3) is 0.400. The van der Waals surface area contributed by atoms with Crippen LogP contribution in [0.4, 0.5) is 5.69 Å². The molecule has 3 unspecified atom stereocenters. The first-order chi connectivity index (χ1) is 12.1. The van der Waals surface area contributed by atoms with E-state index in [9.17, 15) is 5.11 Å². The minimum absolute atomic E-state index is 0.105. The van der Waals surface area contributed by atoms with E-state index < -0.39 is 0 Å². The summed E-state index contributed by atoms with van der Waals surface area (Å²) in [7, 11) is 1.57. The van der Waals surface area contributed by atoms with E-state index in [0.717, 1.165) is 30.7 Å². The average molecular weight is 404 g/mol. The molecular formula is C20H22BrNO3. The predicted octanol–water partition coefficient (Wildman–Crippen LogP) is 5.11. The molecule has 0 radical (unpaired) electrons. The Morgan fingerprint density at radius 3 is 2.92 bits per heavy atom. The van der Waals surface area contributed by atoms with Crippen molar-refractivity contribution in [2.75, 3.05) is 19.0 Å². The zero-order chi connectivity index (χ0) is 17.6. The minimum Gasteiger partial charge on any atom is -0.503 e. The van der Waals surface area contributed by atoms with Crippen LogP contribution >= 0.6 is 15.9 Å². The van der Waals surface area contributed by atoms with E-state index in [2.05, 4.69) is 46.4 Å². The summed E-state index contributed by atoms with van der Waals surface area (Å²) in [5.74, 6) is 0.966. The van der Waals surface area contributed by atoms with Crippen LogP contribution in [-0.2, 0) is 4.74 Å². The topological polar surface area (TPSA) is 50.7 Å². The summed E-state index contributed by atoms with van der Waals surface area (Å²) < 4.78 is 12.2. The number of aromatic hydroxyl groups is 1. The number of methoxy groups -OCH3 is 1. The Bertz CT molecular complexity index is 808. The first-order valence-electron chi connectivity index (χ1n) is 8.63. The van der Waals surface area contributed by atoms with Crippen molar-refractivity contribution in [2.45, 2.75) is 31.9 Å². The maximum atomic E-state index is 10.1. The maximum absolute atomic E-state index is 10.1. The second kappa shape index (κ2) is 6.54. The molecule has 0 aliphatic carbocycles. The van der Waals surface area contributed by atoms with E-state index >= 15 is 0 Å². The van der Waals surface area contributed by atoms with Crippen molar-refractivity contribution in [2.24, 2.45) is 5.92 Å². The number of hydrogen-bond donors (Lipinski definition) is 2. The normalized spacial score (nSPS) is 24.8. The molecule has 1 saturated heterocycles. The smallest absolute Gasteiger partial charge is 0.172 e. The van der Waals surface area contributed by atoms with Gasteiger partial charge in [-0.3, -0.25) is 0 Å². The molecule has 1 fully saturated rings. The van der Waals surface area contributed by atoms with Crippen molar-refractivity contribution in [3.8, 4) is 11.5 Å². The lowest BCUT2D eigenvalue weighted by Gasteiger charge is -2.43. The number of fused-ring (bicyclic) bond motifs is 3. The largest absolute Gasteiger partial charge is 0.503 e. The number of ether oxygens (including phenoxy) is 2. The molecule has 3 atom stereocenters. The van der Waals surface area contributed by atoms with Crippen LogP contribution in [0.2, 0.25) is 0 Å². The van der Waals surface area contributed by atoms with Gasteiger partial charge in [0.15, 0.2) is 11.5 Å². The Balaban J connectivity index is 1.80. The van der Waals surface area contributed by atoms with E-state index in [1.54, 1.807) is 7.11 Å². The Morgan fingerprint density at radius 1 is 1.28 bits per heavy atom. The Kier molecular flexibility index (Phi) is 4.38. The van der Waals surface area contributed by atoms with Gasteiger partial charge in [-0.25, -0.2) is 0 Å². The van der Waals surface area contributed by atoms with Gasteiger partial charge >= 0.3 is 0 Å². The van der Waals surface area contributed by atoms with Gasteiger partial charge in [0.05, 0.1) is 23.7 Å². The average Bonchev–Trinajstić information content (AvgIpc) is 2.63. The van der Waals surface area contributed by atoms with Crippen LogP contribution in [0, 0.1) is 12.8 Å². The number of phenols is 1. The highest BCUT2D eigenvalue weighted by Gasteiger charge is 2.40. The number of anilines is 1. The molecule has 5 heteroatoms.